The zero-order valence-corrected chi connectivity index (χ0v) is 10.8. The van der Waals surface area contributed by atoms with Crippen LogP contribution in [0.3, 0.4) is 0 Å². The molecule has 4 nitrogen and oxygen atoms in total. The first-order valence-corrected chi connectivity index (χ1v) is 5.96. The highest BCUT2D eigenvalue weighted by Gasteiger charge is 2.33. The summed E-state index contributed by atoms with van der Waals surface area (Å²) in [6, 6.07) is 0.591. The fraction of sp³-hybridized carbons (Fsp3) is 0.917. The van der Waals surface area contributed by atoms with Gasteiger partial charge in [-0.15, -0.1) is 0 Å². The highest BCUT2D eigenvalue weighted by Crippen LogP contribution is 2.34. The van der Waals surface area contributed by atoms with Gasteiger partial charge in [0.2, 0.25) is 0 Å². The molecule has 0 saturated heterocycles. The van der Waals surface area contributed by atoms with Crippen molar-refractivity contribution in [1.82, 2.24) is 4.90 Å². The first-order chi connectivity index (χ1) is 7.38. The normalized spacial score (nSPS) is 21.6. The van der Waals surface area contributed by atoms with Gasteiger partial charge in [-0.2, -0.15) is 0 Å². The van der Waals surface area contributed by atoms with Gasteiger partial charge in [0.15, 0.2) is 0 Å². The minimum Gasteiger partial charge on any atom is -0.468 e. The molecule has 0 aliphatic heterocycles. The fourth-order valence-electron chi connectivity index (χ4n) is 1.89. The van der Waals surface area contributed by atoms with E-state index in [1.54, 1.807) is 6.92 Å². The first kappa shape index (κ1) is 13.5. The molecule has 94 valence electrons. The van der Waals surface area contributed by atoms with Gasteiger partial charge in [-0.05, 0) is 46.1 Å². The summed E-state index contributed by atoms with van der Waals surface area (Å²) in [5.74, 6) is 0.507. The second-order valence-electron chi connectivity index (χ2n) is 5.22. The van der Waals surface area contributed by atoms with E-state index < -0.39 is 5.54 Å². The number of methoxy groups -OCH3 is 1. The zero-order valence-electron chi connectivity index (χ0n) is 10.8. The van der Waals surface area contributed by atoms with E-state index in [1.807, 2.05) is 0 Å². The monoisotopic (exact) mass is 228 g/mol. The van der Waals surface area contributed by atoms with Crippen molar-refractivity contribution >= 4 is 5.97 Å². The highest BCUT2D eigenvalue weighted by atomic mass is 16.5. The summed E-state index contributed by atoms with van der Waals surface area (Å²) in [6.07, 6.45) is 3.30. The number of hydrogen-bond donors (Lipinski definition) is 1. The smallest absolute Gasteiger partial charge is 0.325 e. The predicted octanol–water partition coefficient (Wildman–Crippen LogP) is 0.997. The van der Waals surface area contributed by atoms with Gasteiger partial charge in [-0.25, -0.2) is 0 Å². The van der Waals surface area contributed by atoms with Crippen molar-refractivity contribution < 1.29 is 9.53 Å². The standard InChI is InChI=1S/C12H24N2O2/c1-9(10-5-6-10)14(3)8-7-12(2,13)11(15)16-4/h9-10H,5-8,13H2,1-4H3. The average molecular weight is 228 g/mol. The molecule has 0 amide bonds. The topological polar surface area (TPSA) is 55.6 Å². The second kappa shape index (κ2) is 5.15. The van der Waals surface area contributed by atoms with Crippen molar-refractivity contribution in [2.24, 2.45) is 11.7 Å². The Hall–Kier alpha value is -0.610. The lowest BCUT2D eigenvalue weighted by molar-refractivity contribution is -0.146. The van der Waals surface area contributed by atoms with Crippen molar-refractivity contribution in [3.05, 3.63) is 0 Å². The van der Waals surface area contributed by atoms with Crippen molar-refractivity contribution in [2.45, 2.75) is 44.7 Å². The molecule has 0 bridgehead atoms. The van der Waals surface area contributed by atoms with Gasteiger partial charge in [0.25, 0.3) is 0 Å². The van der Waals surface area contributed by atoms with Crippen LogP contribution in [0.15, 0.2) is 0 Å². The Balaban J connectivity index is 2.34. The summed E-state index contributed by atoms with van der Waals surface area (Å²) in [5, 5.41) is 0. The average Bonchev–Trinajstić information content (AvgIpc) is 3.07. The molecule has 0 heterocycles. The van der Waals surface area contributed by atoms with Gasteiger partial charge in [0.05, 0.1) is 7.11 Å². The van der Waals surface area contributed by atoms with Crippen LogP contribution < -0.4 is 5.73 Å². The van der Waals surface area contributed by atoms with E-state index in [-0.39, 0.29) is 5.97 Å². The predicted molar refractivity (Wildman–Crippen MR) is 64.0 cm³/mol. The molecule has 2 N–H and O–H groups in total. The summed E-state index contributed by atoms with van der Waals surface area (Å²) in [6.45, 7) is 4.80. The molecule has 0 radical (unpaired) electrons. The number of nitrogens with zero attached hydrogens (tertiary/aromatic N) is 1. The van der Waals surface area contributed by atoms with Crippen LogP contribution in [0.25, 0.3) is 0 Å². The molecule has 1 saturated carbocycles. The van der Waals surface area contributed by atoms with Crippen LogP contribution >= 0.6 is 0 Å². The molecule has 0 aromatic heterocycles. The number of carbonyl (C=O) groups excluding carboxylic acids is 1. The van der Waals surface area contributed by atoms with E-state index in [4.69, 9.17) is 5.73 Å². The summed E-state index contributed by atoms with van der Waals surface area (Å²) in [5.41, 5.74) is 5.04. The summed E-state index contributed by atoms with van der Waals surface area (Å²) < 4.78 is 4.69. The van der Waals surface area contributed by atoms with Gasteiger partial charge in [-0.3, -0.25) is 4.79 Å². The largest absolute Gasteiger partial charge is 0.468 e. The van der Waals surface area contributed by atoms with Crippen LogP contribution in [0.2, 0.25) is 0 Å². The third-order valence-corrected chi connectivity index (χ3v) is 3.64. The molecule has 1 fully saturated rings. The van der Waals surface area contributed by atoms with Gasteiger partial charge >= 0.3 is 5.97 Å². The van der Waals surface area contributed by atoms with E-state index >= 15 is 0 Å². The van der Waals surface area contributed by atoms with Gasteiger partial charge in [-0.1, -0.05) is 0 Å². The Bertz CT molecular complexity index is 249. The number of ether oxygens (including phenoxy) is 1. The Kier molecular flexibility index (Phi) is 4.33. The first-order valence-electron chi connectivity index (χ1n) is 5.96. The molecule has 2 atom stereocenters. The Morgan fingerprint density at radius 3 is 2.62 bits per heavy atom. The van der Waals surface area contributed by atoms with Crippen molar-refractivity contribution in [3.63, 3.8) is 0 Å². The second-order valence-corrected chi connectivity index (χ2v) is 5.22. The Morgan fingerprint density at radius 1 is 1.62 bits per heavy atom. The van der Waals surface area contributed by atoms with E-state index in [0.29, 0.717) is 12.5 Å². The van der Waals surface area contributed by atoms with Gasteiger partial charge in [0, 0.05) is 12.6 Å². The molecule has 1 rings (SSSR count). The van der Waals surface area contributed by atoms with Crippen molar-refractivity contribution in [3.8, 4) is 0 Å². The summed E-state index contributed by atoms with van der Waals surface area (Å²) in [4.78, 5) is 13.7. The molecule has 16 heavy (non-hydrogen) atoms. The molecule has 2 unspecified atom stereocenters. The Labute approximate surface area is 98.1 Å². The van der Waals surface area contributed by atoms with E-state index in [2.05, 4.69) is 23.6 Å². The number of carbonyl (C=O) groups is 1. The molecular weight excluding hydrogens is 204 g/mol. The van der Waals surface area contributed by atoms with Gasteiger partial charge < -0.3 is 15.4 Å². The number of rotatable bonds is 6. The van der Waals surface area contributed by atoms with Gasteiger partial charge in [0.1, 0.15) is 5.54 Å². The molecule has 1 aliphatic rings. The highest BCUT2D eigenvalue weighted by molar-refractivity contribution is 5.79. The number of hydrogen-bond acceptors (Lipinski definition) is 4. The lowest BCUT2D eigenvalue weighted by Gasteiger charge is -2.28. The molecular formula is C12H24N2O2. The summed E-state index contributed by atoms with van der Waals surface area (Å²) in [7, 11) is 3.47. The van der Waals surface area contributed by atoms with Crippen LogP contribution in [-0.4, -0.2) is 43.2 Å². The fourth-order valence-corrected chi connectivity index (χ4v) is 1.89. The molecule has 0 aromatic carbocycles. The summed E-state index contributed by atoms with van der Waals surface area (Å²) >= 11 is 0. The maximum absolute atomic E-state index is 11.4. The minimum atomic E-state index is -0.869. The van der Waals surface area contributed by atoms with E-state index in [9.17, 15) is 4.79 Å². The van der Waals surface area contributed by atoms with E-state index in [1.165, 1.54) is 20.0 Å². The van der Waals surface area contributed by atoms with Crippen LogP contribution in [0.1, 0.15) is 33.1 Å². The SMILES string of the molecule is COC(=O)C(C)(N)CCN(C)C(C)C1CC1. The minimum absolute atomic E-state index is 0.333. The van der Waals surface area contributed by atoms with Crippen molar-refractivity contribution in [1.29, 1.82) is 0 Å². The lowest BCUT2D eigenvalue weighted by atomic mass is 9.99. The quantitative estimate of drug-likeness (QED) is 0.689. The number of nitrogens with two attached hydrogens (primary N) is 1. The van der Waals surface area contributed by atoms with Crippen LogP contribution in [0.5, 0.6) is 0 Å². The van der Waals surface area contributed by atoms with E-state index in [0.717, 1.165) is 12.5 Å². The maximum Gasteiger partial charge on any atom is 0.325 e. The molecule has 0 aromatic rings. The van der Waals surface area contributed by atoms with Crippen LogP contribution in [-0.2, 0) is 9.53 Å². The van der Waals surface area contributed by atoms with Crippen LogP contribution in [0, 0.1) is 5.92 Å². The van der Waals surface area contributed by atoms with Crippen molar-refractivity contribution in [2.75, 3.05) is 20.7 Å². The zero-order chi connectivity index (χ0) is 12.3. The molecule has 4 heteroatoms. The Morgan fingerprint density at radius 2 is 2.19 bits per heavy atom. The number of esters is 1. The molecule has 1 aliphatic carbocycles. The third-order valence-electron chi connectivity index (χ3n) is 3.64. The molecule has 0 spiro atoms. The lowest BCUT2D eigenvalue weighted by Crippen LogP contribution is -2.48. The maximum atomic E-state index is 11.4. The third kappa shape index (κ3) is 3.46. The van der Waals surface area contributed by atoms with Crippen LogP contribution in [0.4, 0.5) is 0 Å².